The predicted octanol–water partition coefficient (Wildman–Crippen LogP) is 4.21. The van der Waals surface area contributed by atoms with E-state index in [2.05, 4.69) is 20.9 Å². The highest BCUT2D eigenvalue weighted by Gasteiger charge is 2.21. The number of benzene rings is 2. The Bertz CT molecular complexity index is 1000. The van der Waals surface area contributed by atoms with Gasteiger partial charge in [-0.25, -0.2) is 4.98 Å². The number of nitriles is 1. The van der Waals surface area contributed by atoms with E-state index in [4.69, 9.17) is 9.44 Å². The molecule has 0 bridgehead atoms. The molecule has 1 aromatic heterocycles. The summed E-state index contributed by atoms with van der Waals surface area (Å²) in [5.74, 6) is 0.132. The Morgan fingerprint density at radius 3 is 2.38 bits per heavy atom. The van der Waals surface area contributed by atoms with Gasteiger partial charge in [0.05, 0.1) is 11.6 Å². The summed E-state index contributed by atoms with van der Waals surface area (Å²) in [6.45, 7) is 0. The van der Waals surface area contributed by atoms with Crippen molar-refractivity contribution >= 4 is 37.4 Å². The molecule has 1 heterocycles. The van der Waals surface area contributed by atoms with Gasteiger partial charge in [0.1, 0.15) is 10.8 Å². The third-order valence-electron chi connectivity index (χ3n) is 3.02. The van der Waals surface area contributed by atoms with Crippen LogP contribution in [0.2, 0.25) is 0 Å². The second kappa shape index (κ2) is 6.73. The summed E-state index contributed by atoms with van der Waals surface area (Å²) in [5.41, 5.74) is 1.24. The molecule has 0 aliphatic carbocycles. The van der Waals surface area contributed by atoms with Crippen LogP contribution in [0.15, 0.2) is 63.4 Å². The third kappa shape index (κ3) is 3.64. The van der Waals surface area contributed by atoms with Crippen LogP contribution in [-0.2, 0) is 10.1 Å². The van der Waals surface area contributed by atoms with E-state index in [0.29, 0.717) is 10.6 Å². The van der Waals surface area contributed by atoms with E-state index in [1.807, 2.05) is 30.3 Å². The zero-order valence-corrected chi connectivity index (χ0v) is 15.2. The fourth-order valence-corrected chi connectivity index (χ4v) is 4.13. The van der Waals surface area contributed by atoms with Gasteiger partial charge in [-0.2, -0.15) is 13.7 Å². The van der Waals surface area contributed by atoms with Gasteiger partial charge in [-0.1, -0.05) is 28.1 Å². The first-order valence-corrected chi connectivity index (χ1v) is 9.72. The van der Waals surface area contributed by atoms with E-state index >= 15 is 0 Å². The first-order chi connectivity index (χ1) is 11.5. The molecule has 2 aromatic carbocycles. The highest BCUT2D eigenvalue weighted by Crippen LogP contribution is 2.28. The van der Waals surface area contributed by atoms with Crippen LogP contribution < -0.4 is 4.18 Å². The average Bonchev–Trinajstić information content (AvgIpc) is 3.07. The van der Waals surface area contributed by atoms with E-state index in [0.717, 1.165) is 10.0 Å². The van der Waals surface area contributed by atoms with Gasteiger partial charge < -0.3 is 4.18 Å². The summed E-state index contributed by atoms with van der Waals surface area (Å²) < 4.78 is 30.6. The van der Waals surface area contributed by atoms with E-state index in [-0.39, 0.29) is 10.8 Å². The number of rotatable bonds is 4. The molecule has 0 saturated heterocycles. The Labute approximate surface area is 151 Å². The fourth-order valence-electron chi connectivity index (χ4n) is 1.85. The van der Waals surface area contributed by atoms with Crippen molar-refractivity contribution in [1.82, 2.24) is 4.98 Å². The minimum atomic E-state index is -4.02. The van der Waals surface area contributed by atoms with Crippen molar-refractivity contribution in [3.05, 3.63) is 63.9 Å². The molecule has 0 N–H and O–H groups in total. The summed E-state index contributed by atoms with van der Waals surface area (Å²) in [6, 6.07) is 15.2. The topological polar surface area (TPSA) is 80.0 Å². The summed E-state index contributed by atoms with van der Waals surface area (Å²) in [4.78, 5) is 4.15. The number of hydrogen-bond acceptors (Lipinski definition) is 6. The van der Waals surface area contributed by atoms with Gasteiger partial charge in [0.2, 0.25) is 5.03 Å². The zero-order chi connectivity index (χ0) is 17.2. The lowest BCUT2D eigenvalue weighted by Gasteiger charge is -2.04. The molecule has 8 heteroatoms. The molecular formula is C16H9BrN2O3S2. The van der Waals surface area contributed by atoms with Crippen molar-refractivity contribution in [2.45, 2.75) is 5.03 Å². The van der Waals surface area contributed by atoms with Crippen molar-refractivity contribution in [2.24, 2.45) is 0 Å². The van der Waals surface area contributed by atoms with Gasteiger partial charge in [0.25, 0.3) is 0 Å². The summed E-state index contributed by atoms with van der Waals surface area (Å²) >= 11 is 4.57. The van der Waals surface area contributed by atoms with Crippen LogP contribution in [-0.4, -0.2) is 13.4 Å². The van der Waals surface area contributed by atoms with Crippen LogP contribution in [0.1, 0.15) is 5.56 Å². The van der Waals surface area contributed by atoms with E-state index in [1.165, 1.54) is 41.0 Å². The second-order valence-electron chi connectivity index (χ2n) is 4.67. The monoisotopic (exact) mass is 420 g/mol. The summed E-state index contributed by atoms with van der Waals surface area (Å²) in [6.07, 6.45) is 0. The lowest BCUT2D eigenvalue weighted by Crippen LogP contribution is -2.10. The summed E-state index contributed by atoms with van der Waals surface area (Å²) in [5, 5.41) is 10.6. The molecule has 0 fully saturated rings. The van der Waals surface area contributed by atoms with Crippen molar-refractivity contribution in [2.75, 3.05) is 0 Å². The highest BCUT2D eigenvalue weighted by atomic mass is 79.9. The standard InChI is InChI=1S/C16H9BrN2O3S2/c17-13-5-3-12(4-6-13)16-19-15(10-23-16)24(20,21)22-14-7-1-11(9-18)2-8-14/h1-8,10H. The van der Waals surface area contributed by atoms with E-state index < -0.39 is 10.1 Å². The van der Waals surface area contributed by atoms with Gasteiger partial charge in [-0.3, -0.25) is 0 Å². The van der Waals surface area contributed by atoms with Crippen molar-refractivity contribution in [1.29, 1.82) is 5.26 Å². The largest absolute Gasteiger partial charge is 0.378 e. The molecule has 3 rings (SSSR count). The van der Waals surface area contributed by atoms with Gasteiger partial charge in [0, 0.05) is 15.4 Å². The first kappa shape index (κ1) is 16.6. The van der Waals surface area contributed by atoms with Crippen LogP contribution in [0.5, 0.6) is 5.75 Å². The normalized spacial score (nSPS) is 11.0. The molecule has 24 heavy (non-hydrogen) atoms. The predicted molar refractivity (Wildman–Crippen MR) is 94.2 cm³/mol. The Balaban J connectivity index is 1.85. The Morgan fingerprint density at radius 1 is 1.08 bits per heavy atom. The van der Waals surface area contributed by atoms with Gasteiger partial charge in [0.15, 0.2) is 0 Å². The Hall–Kier alpha value is -2.21. The van der Waals surface area contributed by atoms with Crippen LogP contribution in [0.3, 0.4) is 0 Å². The quantitative estimate of drug-likeness (QED) is 0.590. The lowest BCUT2D eigenvalue weighted by molar-refractivity contribution is 0.483. The molecule has 0 radical (unpaired) electrons. The number of thiazole rings is 1. The minimum absolute atomic E-state index is 0.132. The molecule has 0 aliphatic heterocycles. The molecule has 0 saturated carbocycles. The molecule has 3 aromatic rings. The average molecular weight is 421 g/mol. The molecule has 0 aliphatic rings. The Kier molecular flexibility index (Phi) is 4.66. The van der Waals surface area contributed by atoms with Crippen molar-refractivity contribution < 1.29 is 12.6 Å². The van der Waals surface area contributed by atoms with Crippen LogP contribution >= 0.6 is 27.3 Å². The number of hydrogen-bond donors (Lipinski definition) is 0. The number of aromatic nitrogens is 1. The van der Waals surface area contributed by atoms with E-state index in [1.54, 1.807) is 0 Å². The van der Waals surface area contributed by atoms with Crippen molar-refractivity contribution in [3.8, 4) is 22.4 Å². The molecule has 0 unspecified atom stereocenters. The molecule has 0 amide bonds. The smallest absolute Gasteiger partial charge is 0.357 e. The van der Waals surface area contributed by atoms with Crippen molar-refractivity contribution in [3.63, 3.8) is 0 Å². The number of halogens is 1. The first-order valence-electron chi connectivity index (χ1n) is 6.64. The molecule has 0 atom stereocenters. The minimum Gasteiger partial charge on any atom is -0.378 e. The SMILES string of the molecule is N#Cc1ccc(OS(=O)(=O)c2csc(-c3ccc(Br)cc3)n2)cc1. The molecule has 0 spiro atoms. The Morgan fingerprint density at radius 2 is 1.75 bits per heavy atom. The maximum Gasteiger partial charge on any atom is 0.357 e. The van der Waals surface area contributed by atoms with Crippen LogP contribution in [0, 0.1) is 11.3 Å². The van der Waals surface area contributed by atoms with E-state index in [9.17, 15) is 8.42 Å². The van der Waals surface area contributed by atoms with Gasteiger partial charge in [-0.05, 0) is 36.4 Å². The van der Waals surface area contributed by atoms with Gasteiger partial charge >= 0.3 is 10.1 Å². The fraction of sp³-hybridized carbons (Fsp3) is 0. The van der Waals surface area contributed by atoms with Crippen LogP contribution in [0.4, 0.5) is 0 Å². The third-order valence-corrected chi connectivity index (χ3v) is 5.72. The highest BCUT2D eigenvalue weighted by molar-refractivity contribution is 9.10. The maximum atomic E-state index is 12.3. The lowest BCUT2D eigenvalue weighted by atomic mass is 10.2. The molecule has 120 valence electrons. The van der Waals surface area contributed by atoms with Crippen LogP contribution in [0.25, 0.3) is 10.6 Å². The number of nitrogens with zero attached hydrogens (tertiary/aromatic N) is 2. The zero-order valence-electron chi connectivity index (χ0n) is 12.0. The molecular weight excluding hydrogens is 412 g/mol. The maximum absolute atomic E-state index is 12.3. The summed E-state index contributed by atoms with van der Waals surface area (Å²) in [7, 11) is -4.02. The molecule has 5 nitrogen and oxygen atoms in total. The second-order valence-corrected chi connectivity index (χ2v) is 7.94. The van der Waals surface area contributed by atoms with Gasteiger partial charge in [-0.15, -0.1) is 11.3 Å².